The number of sulfonamides is 1. The summed E-state index contributed by atoms with van der Waals surface area (Å²) in [5.41, 5.74) is 2.28. The van der Waals surface area contributed by atoms with Gasteiger partial charge < -0.3 is 10.2 Å². The predicted molar refractivity (Wildman–Crippen MR) is 154 cm³/mol. The molecule has 1 unspecified atom stereocenters. The molecule has 3 rings (SSSR count). The molecule has 0 saturated heterocycles. The molecule has 1 N–H and O–H groups in total. The molecule has 0 spiro atoms. The van der Waals surface area contributed by atoms with Crippen LogP contribution in [0.2, 0.25) is 10.0 Å². The van der Waals surface area contributed by atoms with Crippen molar-refractivity contribution in [1.82, 2.24) is 10.2 Å². The van der Waals surface area contributed by atoms with Crippen LogP contribution in [0.4, 0.5) is 5.69 Å². The third-order valence-electron chi connectivity index (χ3n) is 7.02. The Kier molecular flexibility index (Phi) is 10.9. The molecule has 1 aliphatic carbocycles. The summed E-state index contributed by atoms with van der Waals surface area (Å²) in [6, 6.07) is 12.0. The lowest BCUT2D eigenvalue weighted by Gasteiger charge is -2.32. The van der Waals surface area contributed by atoms with Crippen LogP contribution in [-0.4, -0.2) is 50.0 Å². The van der Waals surface area contributed by atoms with E-state index in [4.69, 9.17) is 23.2 Å². The molecule has 0 aliphatic heterocycles. The van der Waals surface area contributed by atoms with Crippen LogP contribution in [0.3, 0.4) is 0 Å². The fourth-order valence-corrected chi connectivity index (χ4v) is 6.32. The molecular weight excluding hydrogens is 545 g/mol. The highest BCUT2D eigenvalue weighted by molar-refractivity contribution is 7.92. The number of rotatable bonds is 12. The van der Waals surface area contributed by atoms with E-state index in [2.05, 4.69) is 5.32 Å². The monoisotopic (exact) mass is 581 g/mol. The SMILES string of the molecule is CCC(C(=O)NC1CCCC1)N(Cc1ccccc1C)C(=O)CCCN(c1cc(Cl)ccc1Cl)S(C)(=O)=O. The van der Waals surface area contributed by atoms with E-state index >= 15 is 0 Å². The molecule has 0 aromatic heterocycles. The highest BCUT2D eigenvalue weighted by Crippen LogP contribution is 2.31. The molecule has 2 aromatic carbocycles. The van der Waals surface area contributed by atoms with Crippen molar-refractivity contribution in [2.45, 2.75) is 77.4 Å². The highest BCUT2D eigenvalue weighted by atomic mass is 35.5. The Bertz CT molecular complexity index is 1230. The third kappa shape index (κ3) is 8.10. The van der Waals surface area contributed by atoms with Crippen LogP contribution in [0.25, 0.3) is 0 Å². The van der Waals surface area contributed by atoms with Crippen molar-refractivity contribution >= 4 is 50.7 Å². The van der Waals surface area contributed by atoms with E-state index in [1.165, 1.54) is 10.4 Å². The lowest BCUT2D eigenvalue weighted by atomic mass is 10.0. The van der Waals surface area contributed by atoms with Gasteiger partial charge in [-0.25, -0.2) is 8.42 Å². The lowest BCUT2D eigenvalue weighted by molar-refractivity contribution is -0.141. The molecule has 1 atom stereocenters. The average Bonchev–Trinajstić information content (AvgIpc) is 3.36. The predicted octanol–water partition coefficient (Wildman–Crippen LogP) is 5.71. The third-order valence-corrected chi connectivity index (χ3v) is 8.75. The van der Waals surface area contributed by atoms with Crippen molar-refractivity contribution in [3.63, 3.8) is 0 Å². The van der Waals surface area contributed by atoms with Crippen molar-refractivity contribution < 1.29 is 18.0 Å². The second-order valence-electron chi connectivity index (χ2n) is 9.90. The van der Waals surface area contributed by atoms with Gasteiger partial charge in [0.2, 0.25) is 21.8 Å². The molecule has 2 aromatic rings. The van der Waals surface area contributed by atoms with Crippen LogP contribution in [0, 0.1) is 6.92 Å². The van der Waals surface area contributed by atoms with Crippen LogP contribution in [0.15, 0.2) is 42.5 Å². The van der Waals surface area contributed by atoms with Crippen molar-refractivity contribution in [3.05, 3.63) is 63.6 Å². The van der Waals surface area contributed by atoms with Crippen molar-refractivity contribution in [2.75, 3.05) is 17.1 Å². The minimum Gasteiger partial charge on any atom is -0.352 e. The maximum absolute atomic E-state index is 13.6. The van der Waals surface area contributed by atoms with E-state index in [0.29, 0.717) is 18.0 Å². The van der Waals surface area contributed by atoms with Gasteiger partial charge in [-0.05, 0) is 61.9 Å². The first-order valence-corrected chi connectivity index (χ1v) is 15.7. The summed E-state index contributed by atoms with van der Waals surface area (Å²) in [5, 5.41) is 3.76. The number of nitrogens with zero attached hydrogens (tertiary/aromatic N) is 2. The van der Waals surface area contributed by atoms with Crippen molar-refractivity contribution in [3.8, 4) is 0 Å². The number of nitrogens with one attached hydrogen (secondary N) is 1. The number of carbonyl (C=O) groups is 2. The molecule has 1 saturated carbocycles. The van der Waals surface area contributed by atoms with E-state index in [0.717, 1.165) is 43.1 Å². The summed E-state index contributed by atoms with van der Waals surface area (Å²) in [7, 11) is -3.68. The normalized spacial score (nSPS) is 14.8. The molecule has 10 heteroatoms. The smallest absolute Gasteiger partial charge is 0.243 e. The molecule has 0 bridgehead atoms. The van der Waals surface area contributed by atoms with Crippen LogP contribution in [-0.2, 0) is 26.2 Å². The molecular formula is C28H37Cl2N3O4S. The Hall–Kier alpha value is -2.29. The van der Waals surface area contributed by atoms with E-state index in [1.54, 1.807) is 17.0 Å². The zero-order chi connectivity index (χ0) is 27.9. The van der Waals surface area contributed by atoms with E-state index in [9.17, 15) is 18.0 Å². The van der Waals surface area contributed by atoms with Gasteiger partial charge in [-0.3, -0.25) is 13.9 Å². The summed E-state index contributed by atoms with van der Waals surface area (Å²) >= 11 is 12.4. The van der Waals surface area contributed by atoms with Crippen LogP contribution in [0.5, 0.6) is 0 Å². The fraction of sp³-hybridized carbons (Fsp3) is 0.500. The van der Waals surface area contributed by atoms with Gasteiger partial charge in [0, 0.05) is 30.6 Å². The van der Waals surface area contributed by atoms with Crippen LogP contribution < -0.4 is 9.62 Å². The first-order chi connectivity index (χ1) is 18.0. The number of aryl methyl sites for hydroxylation is 1. The summed E-state index contributed by atoms with van der Waals surface area (Å²) in [5.74, 6) is -0.336. The lowest BCUT2D eigenvalue weighted by Crippen LogP contribution is -2.51. The maximum atomic E-state index is 13.6. The van der Waals surface area contributed by atoms with Gasteiger partial charge >= 0.3 is 0 Å². The number of halogens is 2. The topological polar surface area (TPSA) is 86.8 Å². The molecule has 38 heavy (non-hydrogen) atoms. The largest absolute Gasteiger partial charge is 0.352 e. The molecule has 2 amide bonds. The van der Waals surface area contributed by atoms with Gasteiger partial charge in [-0.15, -0.1) is 0 Å². The second kappa shape index (κ2) is 13.7. The van der Waals surface area contributed by atoms with Gasteiger partial charge in [-0.1, -0.05) is 67.2 Å². The van der Waals surface area contributed by atoms with Crippen LogP contribution in [0.1, 0.15) is 63.0 Å². The minimum absolute atomic E-state index is 0.0495. The number of benzene rings is 2. The molecule has 208 valence electrons. The summed E-state index contributed by atoms with van der Waals surface area (Å²) < 4.78 is 26.3. The first-order valence-electron chi connectivity index (χ1n) is 13.1. The Morgan fingerprint density at radius 1 is 1.11 bits per heavy atom. The Balaban J connectivity index is 1.79. The molecule has 0 heterocycles. The summed E-state index contributed by atoms with van der Waals surface area (Å²) in [6.45, 7) is 4.24. The number of carbonyl (C=O) groups excluding carboxylic acids is 2. The highest BCUT2D eigenvalue weighted by Gasteiger charge is 2.31. The van der Waals surface area contributed by atoms with E-state index < -0.39 is 16.1 Å². The molecule has 7 nitrogen and oxygen atoms in total. The van der Waals surface area contributed by atoms with Gasteiger partial charge in [0.05, 0.1) is 17.0 Å². The standard InChI is InChI=1S/C28H37Cl2N3O4S/c1-4-25(28(35)31-23-12-7-8-13-23)32(19-21-11-6-5-10-20(21)2)27(34)14-9-17-33(38(3,36)37)26-18-22(29)15-16-24(26)30/h5-6,10-11,15-16,18,23,25H,4,7-9,12-14,17,19H2,1-3H3,(H,31,35). The Morgan fingerprint density at radius 2 is 1.79 bits per heavy atom. The van der Waals surface area contributed by atoms with Crippen molar-refractivity contribution in [1.29, 1.82) is 0 Å². The fourth-order valence-electron chi connectivity index (χ4n) is 4.92. The number of hydrogen-bond donors (Lipinski definition) is 1. The van der Waals surface area contributed by atoms with E-state index in [1.807, 2.05) is 38.1 Å². The van der Waals surface area contributed by atoms with Gasteiger partial charge in [-0.2, -0.15) is 0 Å². The summed E-state index contributed by atoms with van der Waals surface area (Å²) in [6.07, 6.45) is 6.01. The summed E-state index contributed by atoms with van der Waals surface area (Å²) in [4.78, 5) is 28.6. The average molecular weight is 583 g/mol. The van der Waals surface area contributed by atoms with Crippen molar-refractivity contribution in [2.24, 2.45) is 0 Å². The zero-order valence-electron chi connectivity index (χ0n) is 22.3. The maximum Gasteiger partial charge on any atom is 0.243 e. The number of amides is 2. The minimum atomic E-state index is -3.68. The van der Waals surface area contributed by atoms with E-state index in [-0.39, 0.29) is 48.0 Å². The molecule has 1 fully saturated rings. The number of anilines is 1. The Labute approximate surface area is 236 Å². The molecule has 0 radical (unpaired) electrons. The first kappa shape index (κ1) is 30.3. The molecule has 1 aliphatic rings. The quantitative estimate of drug-likeness (QED) is 0.347. The van der Waals surface area contributed by atoms with Gasteiger partial charge in [0.1, 0.15) is 6.04 Å². The van der Waals surface area contributed by atoms with Gasteiger partial charge in [0.15, 0.2) is 0 Å². The number of hydrogen-bond acceptors (Lipinski definition) is 4. The Morgan fingerprint density at radius 3 is 2.42 bits per heavy atom. The zero-order valence-corrected chi connectivity index (χ0v) is 24.6. The second-order valence-corrected chi connectivity index (χ2v) is 12.6. The van der Waals surface area contributed by atoms with Gasteiger partial charge in [0.25, 0.3) is 0 Å². The van der Waals surface area contributed by atoms with Crippen LogP contribution >= 0.6 is 23.2 Å².